The molecule has 1 saturated carbocycles. The average molecular weight is 290 g/mol. The zero-order chi connectivity index (χ0) is 13.9. The quantitative estimate of drug-likeness (QED) is 0.859. The van der Waals surface area contributed by atoms with E-state index in [2.05, 4.69) is 0 Å². The summed E-state index contributed by atoms with van der Waals surface area (Å²) in [4.78, 5) is 0. The van der Waals surface area contributed by atoms with Crippen molar-refractivity contribution >= 4 is 9.84 Å². The van der Waals surface area contributed by atoms with Gasteiger partial charge in [-0.15, -0.1) is 0 Å². The van der Waals surface area contributed by atoms with Gasteiger partial charge in [0.05, 0.1) is 17.5 Å². The van der Waals surface area contributed by atoms with Gasteiger partial charge in [-0.3, -0.25) is 0 Å². The number of rotatable bonds is 4. The van der Waals surface area contributed by atoms with E-state index in [-0.39, 0.29) is 17.3 Å². The number of aliphatic hydroxyl groups excluding tert-OH is 1. The van der Waals surface area contributed by atoms with Gasteiger partial charge >= 0.3 is 0 Å². The van der Waals surface area contributed by atoms with Gasteiger partial charge in [-0.25, -0.2) is 8.42 Å². The van der Waals surface area contributed by atoms with Crippen LogP contribution in [0, 0.1) is 5.92 Å². The van der Waals surface area contributed by atoms with Gasteiger partial charge < -0.3 is 9.84 Å². The normalized spacial score (nSPS) is 34.9. The minimum atomic E-state index is -2.97. The molecule has 0 spiro atoms. The van der Waals surface area contributed by atoms with Crippen LogP contribution in [0.1, 0.15) is 51.4 Å². The summed E-state index contributed by atoms with van der Waals surface area (Å²) >= 11 is 0. The molecule has 1 saturated heterocycles. The van der Waals surface area contributed by atoms with Crippen molar-refractivity contribution in [2.75, 3.05) is 12.9 Å². The summed E-state index contributed by atoms with van der Waals surface area (Å²) in [5.74, 6) is 0.124. The smallest absolute Gasteiger partial charge is 0.150 e. The zero-order valence-electron chi connectivity index (χ0n) is 11.8. The molecule has 5 heteroatoms. The van der Waals surface area contributed by atoms with Crippen molar-refractivity contribution in [3.05, 3.63) is 0 Å². The van der Waals surface area contributed by atoms with Crippen molar-refractivity contribution in [1.82, 2.24) is 0 Å². The first-order chi connectivity index (χ1) is 8.97. The van der Waals surface area contributed by atoms with E-state index in [0.29, 0.717) is 12.8 Å². The van der Waals surface area contributed by atoms with Crippen LogP contribution >= 0.6 is 0 Å². The number of aliphatic hydroxyl groups is 1. The van der Waals surface area contributed by atoms with E-state index in [0.717, 1.165) is 38.7 Å². The first-order valence-electron chi connectivity index (χ1n) is 7.45. The second kappa shape index (κ2) is 6.55. The second-order valence-electron chi connectivity index (χ2n) is 6.17. The molecule has 0 radical (unpaired) electrons. The SMILES string of the molecule is CS(=O)(=O)C1CCCC(C(O)CC2CCCCO2)C1. The largest absolute Gasteiger partial charge is 0.393 e. The summed E-state index contributed by atoms with van der Waals surface area (Å²) in [7, 11) is -2.97. The lowest BCUT2D eigenvalue weighted by Gasteiger charge is -2.33. The Morgan fingerprint density at radius 1 is 1.21 bits per heavy atom. The molecule has 1 aliphatic heterocycles. The Morgan fingerprint density at radius 2 is 2.00 bits per heavy atom. The molecule has 0 aromatic rings. The van der Waals surface area contributed by atoms with E-state index in [1.54, 1.807) is 0 Å². The maximum Gasteiger partial charge on any atom is 0.150 e. The first-order valence-corrected chi connectivity index (χ1v) is 9.41. The fourth-order valence-electron chi connectivity index (χ4n) is 3.37. The molecule has 1 N–H and O–H groups in total. The fourth-order valence-corrected chi connectivity index (χ4v) is 4.57. The van der Waals surface area contributed by atoms with E-state index in [9.17, 15) is 13.5 Å². The highest BCUT2D eigenvalue weighted by Gasteiger charge is 2.33. The molecule has 0 aromatic heterocycles. The van der Waals surface area contributed by atoms with E-state index >= 15 is 0 Å². The average Bonchev–Trinajstić information content (AvgIpc) is 2.39. The molecule has 0 amide bonds. The van der Waals surface area contributed by atoms with Crippen LogP contribution in [0.3, 0.4) is 0 Å². The van der Waals surface area contributed by atoms with Crippen LogP contribution in [-0.4, -0.2) is 43.8 Å². The van der Waals surface area contributed by atoms with Gasteiger partial charge in [0, 0.05) is 12.9 Å². The summed E-state index contributed by atoms with van der Waals surface area (Å²) in [6.45, 7) is 0.800. The van der Waals surface area contributed by atoms with E-state index in [4.69, 9.17) is 4.74 Å². The molecule has 4 nitrogen and oxygen atoms in total. The highest BCUT2D eigenvalue weighted by atomic mass is 32.2. The minimum absolute atomic E-state index is 0.124. The zero-order valence-corrected chi connectivity index (χ0v) is 12.6. The van der Waals surface area contributed by atoms with Crippen molar-refractivity contribution < 1.29 is 18.3 Å². The maximum absolute atomic E-state index is 11.6. The predicted molar refractivity (Wildman–Crippen MR) is 74.8 cm³/mol. The Hall–Kier alpha value is -0.130. The van der Waals surface area contributed by atoms with E-state index in [1.807, 2.05) is 0 Å². The highest BCUT2D eigenvalue weighted by molar-refractivity contribution is 7.91. The maximum atomic E-state index is 11.6. The summed E-state index contributed by atoms with van der Waals surface area (Å²) in [5.41, 5.74) is 0. The predicted octanol–water partition coefficient (Wildman–Crippen LogP) is 1.91. The molecule has 19 heavy (non-hydrogen) atoms. The standard InChI is InChI=1S/C14H26O4S/c1-19(16,17)13-7-4-5-11(9-13)14(15)10-12-6-2-3-8-18-12/h11-15H,2-10H2,1H3. The summed E-state index contributed by atoms with van der Waals surface area (Å²) < 4.78 is 28.9. The molecule has 0 aromatic carbocycles. The van der Waals surface area contributed by atoms with Crippen LogP contribution in [-0.2, 0) is 14.6 Å². The Morgan fingerprint density at radius 3 is 2.63 bits per heavy atom. The molecule has 4 unspecified atom stereocenters. The third kappa shape index (κ3) is 4.43. The molecular weight excluding hydrogens is 264 g/mol. The van der Waals surface area contributed by atoms with Gasteiger partial charge in [0.1, 0.15) is 9.84 Å². The van der Waals surface area contributed by atoms with Crippen LogP contribution in [0.2, 0.25) is 0 Å². The lowest BCUT2D eigenvalue weighted by Crippen LogP contribution is -2.35. The van der Waals surface area contributed by atoms with E-state index in [1.165, 1.54) is 12.7 Å². The van der Waals surface area contributed by atoms with Gasteiger partial charge in [-0.1, -0.05) is 6.42 Å². The summed E-state index contributed by atoms with van der Waals surface area (Å²) in [6, 6.07) is 0. The highest BCUT2D eigenvalue weighted by Crippen LogP contribution is 2.33. The van der Waals surface area contributed by atoms with Crippen molar-refractivity contribution in [2.24, 2.45) is 5.92 Å². The molecule has 1 aliphatic carbocycles. The van der Waals surface area contributed by atoms with Crippen LogP contribution < -0.4 is 0 Å². The van der Waals surface area contributed by atoms with Crippen molar-refractivity contribution in [3.63, 3.8) is 0 Å². The van der Waals surface area contributed by atoms with Gasteiger partial charge in [0.25, 0.3) is 0 Å². The van der Waals surface area contributed by atoms with Gasteiger partial charge in [0.2, 0.25) is 0 Å². The van der Waals surface area contributed by atoms with E-state index < -0.39 is 15.9 Å². The number of hydrogen-bond acceptors (Lipinski definition) is 4. The molecular formula is C14H26O4S. The summed E-state index contributed by atoms with van der Waals surface area (Å²) in [6.07, 6.45) is 8.28. The molecule has 0 bridgehead atoms. The molecule has 2 fully saturated rings. The lowest BCUT2D eigenvalue weighted by atomic mass is 9.82. The topological polar surface area (TPSA) is 63.6 Å². The molecule has 1 heterocycles. The third-order valence-electron chi connectivity index (χ3n) is 4.59. The Bertz CT molecular complexity index is 373. The van der Waals surface area contributed by atoms with Crippen LogP contribution in [0.5, 0.6) is 0 Å². The summed E-state index contributed by atoms with van der Waals surface area (Å²) in [5, 5.41) is 10.1. The van der Waals surface area contributed by atoms with Crippen LogP contribution in [0.25, 0.3) is 0 Å². The molecule has 2 aliphatic rings. The number of ether oxygens (including phenoxy) is 1. The minimum Gasteiger partial charge on any atom is -0.393 e. The fraction of sp³-hybridized carbons (Fsp3) is 1.00. The van der Waals surface area contributed by atoms with Crippen molar-refractivity contribution in [1.29, 1.82) is 0 Å². The number of sulfone groups is 1. The Balaban J connectivity index is 1.86. The first kappa shape index (κ1) is 15.3. The lowest BCUT2D eigenvalue weighted by molar-refractivity contribution is -0.0314. The molecule has 2 rings (SSSR count). The molecule has 4 atom stereocenters. The van der Waals surface area contributed by atoms with Gasteiger partial charge in [0.15, 0.2) is 0 Å². The third-order valence-corrected chi connectivity index (χ3v) is 6.23. The van der Waals surface area contributed by atoms with Gasteiger partial charge in [-0.05, 0) is 50.9 Å². The Kier molecular flexibility index (Phi) is 5.26. The number of hydrogen-bond donors (Lipinski definition) is 1. The van der Waals surface area contributed by atoms with Gasteiger partial charge in [-0.2, -0.15) is 0 Å². The Labute approximate surface area is 116 Å². The second-order valence-corrected chi connectivity index (χ2v) is 8.50. The monoisotopic (exact) mass is 290 g/mol. The molecule has 112 valence electrons. The van der Waals surface area contributed by atoms with Crippen molar-refractivity contribution in [3.8, 4) is 0 Å². The van der Waals surface area contributed by atoms with Crippen LogP contribution in [0.4, 0.5) is 0 Å². The van der Waals surface area contributed by atoms with Crippen molar-refractivity contribution in [2.45, 2.75) is 68.8 Å². The van der Waals surface area contributed by atoms with Crippen LogP contribution in [0.15, 0.2) is 0 Å².